The van der Waals surface area contributed by atoms with Crippen LogP contribution in [0.2, 0.25) is 0 Å². The summed E-state index contributed by atoms with van der Waals surface area (Å²) >= 11 is 0. The summed E-state index contributed by atoms with van der Waals surface area (Å²) in [5, 5.41) is 7.93. The quantitative estimate of drug-likeness (QED) is 0.759. The molecule has 1 amide bonds. The second-order valence-electron chi connectivity index (χ2n) is 3.53. The molecule has 0 unspecified atom stereocenters. The molecular weight excluding hydrogens is 180 g/mol. The summed E-state index contributed by atoms with van der Waals surface area (Å²) in [4.78, 5) is 10.8. The molecular formula is C9H16N4O. The fraction of sp³-hybridized carbons (Fsp3) is 0.667. The van der Waals surface area contributed by atoms with Crippen molar-refractivity contribution in [3.63, 3.8) is 0 Å². The SMILES string of the molecule is CCn1nnc(CC(N)=O)c1C(C)C. The van der Waals surface area contributed by atoms with E-state index in [0.29, 0.717) is 11.6 Å². The molecule has 14 heavy (non-hydrogen) atoms. The number of nitrogens with two attached hydrogens (primary N) is 1. The highest BCUT2D eigenvalue weighted by Crippen LogP contribution is 2.17. The summed E-state index contributed by atoms with van der Waals surface area (Å²) in [6, 6.07) is 0. The average Bonchev–Trinajstić information content (AvgIpc) is 2.46. The zero-order valence-corrected chi connectivity index (χ0v) is 8.82. The molecule has 0 saturated carbocycles. The molecule has 2 N–H and O–H groups in total. The van der Waals surface area contributed by atoms with Crippen LogP contribution in [0.25, 0.3) is 0 Å². The van der Waals surface area contributed by atoms with Gasteiger partial charge >= 0.3 is 0 Å². The number of nitrogens with zero attached hydrogens (tertiary/aromatic N) is 3. The number of rotatable bonds is 4. The van der Waals surface area contributed by atoms with Crippen molar-refractivity contribution >= 4 is 5.91 Å². The third-order valence-electron chi connectivity index (χ3n) is 2.04. The van der Waals surface area contributed by atoms with Crippen molar-refractivity contribution in [2.75, 3.05) is 0 Å². The third kappa shape index (κ3) is 2.10. The van der Waals surface area contributed by atoms with Gasteiger partial charge in [0.15, 0.2) is 0 Å². The van der Waals surface area contributed by atoms with E-state index in [9.17, 15) is 4.79 Å². The summed E-state index contributed by atoms with van der Waals surface area (Å²) < 4.78 is 1.81. The molecule has 0 atom stereocenters. The normalized spacial score (nSPS) is 10.9. The Hall–Kier alpha value is -1.39. The van der Waals surface area contributed by atoms with E-state index in [1.54, 1.807) is 0 Å². The molecule has 0 fully saturated rings. The van der Waals surface area contributed by atoms with Gasteiger partial charge in [0, 0.05) is 6.54 Å². The Morgan fingerprint density at radius 1 is 1.57 bits per heavy atom. The molecule has 0 spiro atoms. The first-order valence-electron chi connectivity index (χ1n) is 4.76. The van der Waals surface area contributed by atoms with Crippen LogP contribution in [0.3, 0.4) is 0 Å². The fourth-order valence-electron chi connectivity index (χ4n) is 1.51. The zero-order chi connectivity index (χ0) is 10.7. The first-order chi connectivity index (χ1) is 6.56. The molecule has 1 aromatic rings. The Labute approximate surface area is 83.3 Å². The van der Waals surface area contributed by atoms with Gasteiger partial charge < -0.3 is 5.73 Å². The number of primary amides is 1. The first-order valence-corrected chi connectivity index (χ1v) is 4.76. The standard InChI is InChI=1S/C9H16N4O/c1-4-13-9(6(2)3)7(11-12-13)5-8(10)14/h6H,4-5H2,1-3H3,(H2,10,14). The van der Waals surface area contributed by atoms with Gasteiger partial charge in [-0.15, -0.1) is 5.10 Å². The van der Waals surface area contributed by atoms with Crippen molar-refractivity contribution in [2.24, 2.45) is 5.73 Å². The molecule has 5 nitrogen and oxygen atoms in total. The van der Waals surface area contributed by atoms with Gasteiger partial charge in [-0.2, -0.15) is 0 Å². The number of amides is 1. The molecule has 5 heteroatoms. The van der Waals surface area contributed by atoms with Gasteiger partial charge in [-0.05, 0) is 12.8 Å². The van der Waals surface area contributed by atoms with Crippen LogP contribution in [-0.2, 0) is 17.8 Å². The topological polar surface area (TPSA) is 73.8 Å². The van der Waals surface area contributed by atoms with Crippen molar-refractivity contribution < 1.29 is 4.79 Å². The molecule has 0 aromatic carbocycles. The van der Waals surface area contributed by atoms with Crippen LogP contribution in [0.5, 0.6) is 0 Å². The van der Waals surface area contributed by atoms with E-state index in [2.05, 4.69) is 24.2 Å². The van der Waals surface area contributed by atoms with Crippen LogP contribution >= 0.6 is 0 Å². The van der Waals surface area contributed by atoms with Gasteiger partial charge in [-0.25, -0.2) is 4.68 Å². The predicted octanol–water partition coefficient (Wildman–Crippen LogP) is 0.449. The van der Waals surface area contributed by atoms with Crippen molar-refractivity contribution in [1.29, 1.82) is 0 Å². The van der Waals surface area contributed by atoms with Gasteiger partial charge in [0.2, 0.25) is 5.91 Å². The molecule has 0 radical (unpaired) electrons. The lowest BCUT2D eigenvalue weighted by Crippen LogP contribution is -2.16. The first kappa shape index (κ1) is 10.7. The molecule has 1 aromatic heterocycles. The van der Waals surface area contributed by atoms with Crippen LogP contribution in [0.15, 0.2) is 0 Å². The fourth-order valence-corrected chi connectivity index (χ4v) is 1.51. The van der Waals surface area contributed by atoms with Crippen molar-refractivity contribution in [3.8, 4) is 0 Å². The lowest BCUT2D eigenvalue weighted by molar-refractivity contribution is -0.117. The minimum absolute atomic E-state index is 0.174. The monoisotopic (exact) mass is 196 g/mol. The largest absolute Gasteiger partial charge is 0.369 e. The molecule has 0 aliphatic heterocycles. The Balaban J connectivity index is 3.04. The summed E-state index contributed by atoms with van der Waals surface area (Å²) in [5.74, 6) is -0.0608. The van der Waals surface area contributed by atoms with Gasteiger partial charge in [0.05, 0.1) is 17.8 Å². The molecule has 0 saturated heterocycles. The van der Waals surface area contributed by atoms with Crippen LogP contribution < -0.4 is 5.73 Å². The predicted molar refractivity (Wildman–Crippen MR) is 52.7 cm³/mol. The van der Waals surface area contributed by atoms with Crippen LogP contribution in [0.4, 0.5) is 0 Å². The lowest BCUT2D eigenvalue weighted by Gasteiger charge is -2.08. The molecule has 0 aliphatic rings. The summed E-state index contributed by atoms with van der Waals surface area (Å²) in [7, 11) is 0. The molecule has 0 bridgehead atoms. The maximum atomic E-state index is 10.8. The number of carbonyl (C=O) groups excluding carboxylic acids is 1. The zero-order valence-electron chi connectivity index (χ0n) is 8.82. The minimum Gasteiger partial charge on any atom is -0.369 e. The number of hydrogen-bond donors (Lipinski definition) is 1. The average molecular weight is 196 g/mol. The van der Waals surface area contributed by atoms with E-state index in [0.717, 1.165) is 12.2 Å². The van der Waals surface area contributed by atoms with Crippen molar-refractivity contribution in [3.05, 3.63) is 11.4 Å². The van der Waals surface area contributed by atoms with E-state index >= 15 is 0 Å². The minimum atomic E-state index is -0.366. The Bertz CT molecular complexity index is 330. The highest BCUT2D eigenvalue weighted by Gasteiger charge is 2.16. The van der Waals surface area contributed by atoms with Crippen molar-refractivity contribution in [2.45, 2.75) is 39.7 Å². The maximum absolute atomic E-state index is 10.8. The lowest BCUT2D eigenvalue weighted by atomic mass is 10.1. The molecule has 0 aliphatic carbocycles. The Kier molecular flexibility index (Phi) is 3.22. The second-order valence-corrected chi connectivity index (χ2v) is 3.53. The van der Waals surface area contributed by atoms with E-state index in [-0.39, 0.29) is 12.3 Å². The number of aromatic nitrogens is 3. The van der Waals surface area contributed by atoms with Gasteiger partial charge in [-0.3, -0.25) is 4.79 Å². The smallest absolute Gasteiger partial charge is 0.223 e. The summed E-state index contributed by atoms with van der Waals surface area (Å²) in [5.41, 5.74) is 6.84. The highest BCUT2D eigenvalue weighted by atomic mass is 16.1. The molecule has 1 rings (SSSR count). The number of hydrogen-bond acceptors (Lipinski definition) is 3. The van der Waals surface area contributed by atoms with E-state index < -0.39 is 0 Å². The summed E-state index contributed by atoms with van der Waals surface area (Å²) in [6.45, 7) is 6.86. The Morgan fingerprint density at radius 2 is 2.21 bits per heavy atom. The molecule has 1 heterocycles. The summed E-state index contributed by atoms with van der Waals surface area (Å²) in [6.07, 6.45) is 0.174. The van der Waals surface area contributed by atoms with E-state index in [1.807, 2.05) is 11.6 Å². The highest BCUT2D eigenvalue weighted by molar-refractivity contribution is 5.76. The van der Waals surface area contributed by atoms with Gasteiger partial charge in [0.25, 0.3) is 0 Å². The van der Waals surface area contributed by atoms with Crippen molar-refractivity contribution in [1.82, 2.24) is 15.0 Å². The second kappa shape index (κ2) is 4.21. The third-order valence-corrected chi connectivity index (χ3v) is 2.04. The van der Waals surface area contributed by atoms with Crippen LogP contribution in [0.1, 0.15) is 38.1 Å². The van der Waals surface area contributed by atoms with Gasteiger partial charge in [-0.1, -0.05) is 19.1 Å². The van der Waals surface area contributed by atoms with Crippen LogP contribution in [-0.4, -0.2) is 20.9 Å². The number of carbonyl (C=O) groups is 1. The van der Waals surface area contributed by atoms with Crippen LogP contribution in [0, 0.1) is 0 Å². The Morgan fingerprint density at radius 3 is 2.64 bits per heavy atom. The van der Waals surface area contributed by atoms with E-state index in [4.69, 9.17) is 5.73 Å². The van der Waals surface area contributed by atoms with E-state index in [1.165, 1.54) is 0 Å². The maximum Gasteiger partial charge on any atom is 0.223 e. The number of aryl methyl sites for hydroxylation is 1. The molecule has 78 valence electrons. The van der Waals surface area contributed by atoms with Gasteiger partial charge in [0.1, 0.15) is 0 Å².